The molecule has 0 aliphatic carbocycles. The zero-order valence-corrected chi connectivity index (χ0v) is 14.7. The van der Waals surface area contributed by atoms with Crippen molar-refractivity contribution in [1.29, 1.82) is 0 Å². The van der Waals surface area contributed by atoms with E-state index in [4.69, 9.17) is 17.3 Å². The number of imidazole rings is 1. The van der Waals surface area contributed by atoms with Crippen LogP contribution in [0, 0.1) is 0 Å². The standard InChI is InChI=1S/C18H18ClN3O3/c1-21-15-5-3-4-13(19)16(15)22(18(21)24)12-8-6-11(7-9-12)10-14(20)17(23)25-2/h3-9,14H,10,20H2,1-2H3/t14-/m0/s1. The van der Waals surface area contributed by atoms with E-state index in [0.717, 1.165) is 11.1 Å². The summed E-state index contributed by atoms with van der Waals surface area (Å²) >= 11 is 6.31. The first kappa shape index (κ1) is 17.3. The highest BCUT2D eigenvalue weighted by Gasteiger charge is 2.16. The van der Waals surface area contributed by atoms with Crippen LogP contribution < -0.4 is 11.4 Å². The average Bonchev–Trinajstić information content (AvgIpc) is 2.88. The summed E-state index contributed by atoms with van der Waals surface area (Å²) in [6, 6.07) is 12.0. The predicted octanol–water partition coefficient (Wildman–Crippen LogP) is 2.03. The largest absolute Gasteiger partial charge is 0.468 e. The number of halogens is 1. The van der Waals surface area contributed by atoms with Crippen molar-refractivity contribution in [2.75, 3.05) is 7.11 Å². The number of para-hydroxylation sites is 1. The number of rotatable bonds is 4. The lowest BCUT2D eigenvalue weighted by molar-refractivity contribution is -0.142. The van der Waals surface area contributed by atoms with E-state index in [2.05, 4.69) is 4.74 Å². The highest BCUT2D eigenvalue weighted by molar-refractivity contribution is 6.35. The van der Waals surface area contributed by atoms with E-state index in [0.29, 0.717) is 22.6 Å². The van der Waals surface area contributed by atoms with Crippen LogP contribution in [-0.2, 0) is 23.0 Å². The molecule has 1 heterocycles. The molecule has 3 rings (SSSR count). The first-order chi connectivity index (χ1) is 11.9. The van der Waals surface area contributed by atoms with Crippen molar-refractivity contribution < 1.29 is 9.53 Å². The summed E-state index contributed by atoms with van der Waals surface area (Å²) in [5, 5.41) is 0.506. The quantitative estimate of drug-likeness (QED) is 0.723. The summed E-state index contributed by atoms with van der Waals surface area (Å²) < 4.78 is 7.76. The summed E-state index contributed by atoms with van der Waals surface area (Å²) in [5.74, 6) is -0.457. The zero-order valence-electron chi connectivity index (χ0n) is 13.9. The van der Waals surface area contributed by atoms with Crippen molar-refractivity contribution in [3.63, 3.8) is 0 Å². The van der Waals surface area contributed by atoms with Gasteiger partial charge in [0.25, 0.3) is 0 Å². The van der Waals surface area contributed by atoms with E-state index in [1.807, 2.05) is 36.4 Å². The second-order valence-corrected chi connectivity index (χ2v) is 6.19. The highest BCUT2D eigenvalue weighted by Crippen LogP contribution is 2.25. The Morgan fingerprint density at radius 3 is 2.56 bits per heavy atom. The number of aromatic nitrogens is 2. The number of carbonyl (C=O) groups is 1. The van der Waals surface area contributed by atoms with Crippen LogP contribution in [0.2, 0.25) is 5.02 Å². The summed E-state index contributed by atoms with van der Waals surface area (Å²) in [6.45, 7) is 0. The lowest BCUT2D eigenvalue weighted by Crippen LogP contribution is -2.33. The number of fused-ring (bicyclic) bond motifs is 1. The molecule has 0 unspecified atom stereocenters. The summed E-state index contributed by atoms with van der Waals surface area (Å²) in [6.07, 6.45) is 0.359. The molecular formula is C18H18ClN3O3. The Balaban J connectivity index is 2.01. The molecule has 25 heavy (non-hydrogen) atoms. The van der Waals surface area contributed by atoms with Gasteiger partial charge in [0.15, 0.2) is 0 Å². The summed E-state index contributed by atoms with van der Waals surface area (Å²) in [7, 11) is 3.02. The Bertz CT molecular complexity index is 989. The van der Waals surface area contributed by atoms with Gasteiger partial charge in [-0.2, -0.15) is 0 Å². The topological polar surface area (TPSA) is 79.2 Å². The lowest BCUT2D eigenvalue weighted by Gasteiger charge is -2.10. The molecule has 6 nitrogen and oxygen atoms in total. The van der Waals surface area contributed by atoms with E-state index < -0.39 is 12.0 Å². The highest BCUT2D eigenvalue weighted by atomic mass is 35.5. The third kappa shape index (κ3) is 3.06. The first-order valence-electron chi connectivity index (χ1n) is 7.72. The fraction of sp³-hybridized carbons (Fsp3) is 0.222. The van der Waals surface area contributed by atoms with E-state index in [9.17, 15) is 9.59 Å². The van der Waals surface area contributed by atoms with Crippen molar-refractivity contribution in [2.45, 2.75) is 12.5 Å². The Kier molecular flexibility index (Phi) is 4.65. The average molecular weight is 360 g/mol. The van der Waals surface area contributed by atoms with Gasteiger partial charge in [-0.1, -0.05) is 29.8 Å². The van der Waals surface area contributed by atoms with Crippen LogP contribution in [-0.4, -0.2) is 28.3 Å². The molecule has 130 valence electrons. The first-order valence-corrected chi connectivity index (χ1v) is 8.10. The number of hydrogen-bond donors (Lipinski definition) is 1. The second kappa shape index (κ2) is 6.74. The molecule has 0 aliphatic heterocycles. The molecule has 7 heteroatoms. The molecule has 2 N–H and O–H groups in total. The minimum Gasteiger partial charge on any atom is -0.468 e. The number of nitrogens with two attached hydrogens (primary N) is 1. The lowest BCUT2D eigenvalue weighted by atomic mass is 10.1. The van der Waals surface area contributed by atoms with Gasteiger partial charge >= 0.3 is 11.7 Å². The number of aryl methyl sites for hydroxylation is 1. The minimum atomic E-state index is -0.717. The molecule has 3 aromatic rings. The van der Waals surface area contributed by atoms with Crippen LogP contribution in [0.5, 0.6) is 0 Å². The van der Waals surface area contributed by atoms with E-state index >= 15 is 0 Å². The second-order valence-electron chi connectivity index (χ2n) is 5.78. The monoisotopic (exact) mass is 359 g/mol. The number of benzene rings is 2. The molecule has 1 atom stereocenters. The maximum atomic E-state index is 12.6. The van der Waals surface area contributed by atoms with Gasteiger partial charge < -0.3 is 10.5 Å². The molecule has 0 spiro atoms. The van der Waals surface area contributed by atoms with Crippen molar-refractivity contribution in [3.05, 3.63) is 63.5 Å². The van der Waals surface area contributed by atoms with Crippen LogP contribution in [0.3, 0.4) is 0 Å². The number of methoxy groups -OCH3 is 1. The van der Waals surface area contributed by atoms with Crippen molar-refractivity contribution in [3.8, 4) is 5.69 Å². The molecule has 0 aliphatic rings. The number of ether oxygens (including phenoxy) is 1. The fourth-order valence-corrected chi connectivity index (χ4v) is 3.11. The van der Waals surface area contributed by atoms with Gasteiger partial charge in [0, 0.05) is 7.05 Å². The third-order valence-electron chi connectivity index (χ3n) is 4.18. The maximum Gasteiger partial charge on any atom is 0.333 e. The fourth-order valence-electron chi connectivity index (χ4n) is 2.85. The maximum absolute atomic E-state index is 12.6. The van der Waals surface area contributed by atoms with E-state index in [1.165, 1.54) is 7.11 Å². The number of hydrogen-bond acceptors (Lipinski definition) is 4. The predicted molar refractivity (Wildman–Crippen MR) is 97.2 cm³/mol. The van der Waals surface area contributed by atoms with Gasteiger partial charge in [0.05, 0.1) is 28.9 Å². The van der Waals surface area contributed by atoms with Crippen LogP contribution in [0.1, 0.15) is 5.56 Å². The molecule has 0 radical (unpaired) electrons. The smallest absolute Gasteiger partial charge is 0.333 e. The van der Waals surface area contributed by atoms with Crippen molar-refractivity contribution in [2.24, 2.45) is 12.8 Å². The molecule has 0 bridgehead atoms. The molecule has 0 amide bonds. The molecule has 0 fully saturated rings. The molecule has 0 saturated carbocycles. The Hall–Kier alpha value is -2.57. The van der Waals surface area contributed by atoms with Crippen molar-refractivity contribution in [1.82, 2.24) is 9.13 Å². The van der Waals surface area contributed by atoms with Gasteiger partial charge in [-0.25, -0.2) is 4.79 Å². The zero-order chi connectivity index (χ0) is 18.1. The molecule has 2 aromatic carbocycles. The van der Waals surface area contributed by atoms with Crippen LogP contribution >= 0.6 is 11.6 Å². The summed E-state index contributed by atoms with van der Waals surface area (Å²) in [4.78, 5) is 24.0. The minimum absolute atomic E-state index is 0.179. The van der Waals surface area contributed by atoms with Gasteiger partial charge in [-0.3, -0.25) is 13.9 Å². The Morgan fingerprint density at radius 2 is 1.92 bits per heavy atom. The van der Waals surface area contributed by atoms with E-state index in [-0.39, 0.29) is 5.69 Å². The Labute approximate surface area is 149 Å². The molecule has 1 aromatic heterocycles. The van der Waals surface area contributed by atoms with Gasteiger partial charge in [-0.05, 0) is 36.2 Å². The number of carbonyl (C=O) groups excluding carboxylic acids is 1. The number of esters is 1. The van der Waals surface area contributed by atoms with Crippen molar-refractivity contribution >= 4 is 28.6 Å². The molecule has 0 saturated heterocycles. The number of nitrogens with zero attached hydrogens (tertiary/aromatic N) is 2. The van der Waals surface area contributed by atoms with Crippen LogP contribution in [0.4, 0.5) is 0 Å². The van der Waals surface area contributed by atoms with Gasteiger partial charge in [-0.15, -0.1) is 0 Å². The third-order valence-corrected chi connectivity index (χ3v) is 4.49. The Morgan fingerprint density at radius 1 is 1.24 bits per heavy atom. The van der Waals surface area contributed by atoms with Crippen LogP contribution in [0.15, 0.2) is 47.3 Å². The summed E-state index contributed by atoms with van der Waals surface area (Å²) in [5.41, 5.74) is 8.59. The van der Waals surface area contributed by atoms with Gasteiger partial charge in [0.1, 0.15) is 6.04 Å². The van der Waals surface area contributed by atoms with Gasteiger partial charge in [0.2, 0.25) is 0 Å². The molecular weight excluding hydrogens is 342 g/mol. The van der Waals surface area contributed by atoms with Crippen LogP contribution in [0.25, 0.3) is 16.7 Å². The van der Waals surface area contributed by atoms with E-state index in [1.54, 1.807) is 22.2 Å². The normalized spacial score (nSPS) is 12.3. The SMILES string of the molecule is COC(=O)[C@@H](N)Cc1ccc(-n2c(=O)n(C)c3cccc(Cl)c32)cc1.